The van der Waals surface area contributed by atoms with E-state index in [0.29, 0.717) is 12.8 Å². The zero-order valence-electron chi connectivity index (χ0n) is 18.1. The molecule has 2 aromatic rings. The fraction of sp³-hybridized carbons (Fsp3) is 0.609. The summed E-state index contributed by atoms with van der Waals surface area (Å²) in [6, 6.07) is 6.33. The lowest BCUT2D eigenvalue weighted by molar-refractivity contribution is -0.134. The Hall–Kier alpha value is -2.12. The van der Waals surface area contributed by atoms with Gasteiger partial charge in [0, 0.05) is 31.9 Å². The van der Waals surface area contributed by atoms with Gasteiger partial charge in [0.15, 0.2) is 0 Å². The Kier molecular flexibility index (Phi) is 6.53. The fourth-order valence-corrected chi connectivity index (χ4v) is 5.64. The van der Waals surface area contributed by atoms with Crippen molar-refractivity contribution in [2.24, 2.45) is 18.9 Å². The summed E-state index contributed by atoms with van der Waals surface area (Å²) in [6.45, 7) is 4.51. The standard InChI is InChI=1S/C23H31N5O2.ClH/c1-27-22-17(21(26-27)18-5-6-20(29)25-23(18)30)3-2-4-19(22)28-12-9-16(14-28)13-15-7-10-24-11-8-15;/h2-4,15-16,18,24H,5-14H2,1H3,(H,25,29,30);1H. The van der Waals surface area contributed by atoms with Crippen molar-refractivity contribution in [2.75, 3.05) is 31.1 Å². The van der Waals surface area contributed by atoms with Gasteiger partial charge >= 0.3 is 0 Å². The highest BCUT2D eigenvalue weighted by atomic mass is 35.5. The quantitative estimate of drug-likeness (QED) is 0.707. The Morgan fingerprint density at radius 2 is 1.90 bits per heavy atom. The van der Waals surface area contributed by atoms with Crippen molar-refractivity contribution in [3.8, 4) is 0 Å². The summed E-state index contributed by atoms with van der Waals surface area (Å²) in [5.41, 5.74) is 3.11. The van der Waals surface area contributed by atoms with Gasteiger partial charge in [-0.25, -0.2) is 0 Å². The Bertz CT molecular complexity index is 968. The number of piperidine rings is 2. The van der Waals surface area contributed by atoms with Gasteiger partial charge in [0.25, 0.3) is 0 Å². The predicted molar refractivity (Wildman–Crippen MR) is 124 cm³/mol. The molecule has 2 unspecified atom stereocenters. The molecule has 8 heteroatoms. The minimum Gasteiger partial charge on any atom is -0.369 e. The lowest BCUT2D eigenvalue weighted by Gasteiger charge is -2.26. The zero-order chi connectivity index (χ0) is 20.7. The molecule has 5 rings (SSSR count). The molecule has 7 nitrogen and oxygen atoms in total. The number of hydrogen-bond acceptors (Lipinski definition) is 5. The van der Waals surface area contributed by atoms with E-state index in [4.69, 9.17) is 5.10 Å². The number of carbonyl (C=O) groups is 2. The molecule has 0 aliphatic carbocycles. The van der Waals surface area contributed by atoms with Gasteiger partial charge in [0.05, 0.1) is 22.8 Å². The van der Waals surface area contributed by atoms with Crippen molar-refractivity contribution < 1.29 is 9.59 Å². The van der Waals surface area contributed by atoms with Gasteiger partial charge in [0.1, 0.15) is 0 Å². The Balaban J connectivity index is 0.00000231. The first-order valence-corrected chi connectivity index (χ1v) is 11.3. The largest absolute Gasteiger partial charge is 0.369 e. The van der Waals surface area contributed by atoms with E-state index in [9.17, 15) is 9.59 Å². The van der Waals surface area contributed by atoms with E-state index >= 15 is 0 Å². The number of carbonyl (C=O) groups excluding carboxylic acids is 2. The molecule has 0 saturated carbocycles. The second-order valence-electron chi connectivity index (χ2n) is 9.22. The lowest BCUT2D eigenvalue weighted by atomic mass is 9.87. The molecule has 2 amide bonds. The van der Waals surface area contributed by atoms with Crippen molar-refractivity contribution >= 4 is 40.8 Å². The number of anilines is 1. The summed E-state index contributed by atoms with van der Waals surface area (Å²) < 4.78 is 1.92. The van der Waals surface area contributed by atoms with Crippen molar-refractivity contribution in [1.82, 2.24) is 20.4 Å². The highest BCUT2D eigenvalue weighted by molar-refractivity contribution is 6.03. The number of nitrogens with one attached hydrogen (secondary N) is 2. The highest BCUT2D eigenvalue weighted by Crippen LogP contribution is 2.37. The summed E-state index contributed by atoms with van der Waals surface area (Å²) in [4.78, 5) is 26.5. The van der Waals surface area contributed by atoms with Crippen molar-refractivity contribution in [3.05, 3.63) is 23.9 Å². The van der Waals surface area contributed by atoms with Crippen molar-refractivity contribution in [1.29, 1.82) is 0 Å². The second-order valence-corrected chi connectivity index (χ2v) is 9.22. The number of amides is 2. The predicted octanol–water partition coefficient (Wildman–Crippen LogP) is 2.73. The SMILES string of the molecule is Cl.Cn1nc(C2CCC(=O)NC2=O)c2cccc(N3CCC(CC4CCNCC4)C3)c21. The number of nitrogens with zero attached hydrogens (tertiary/aromatic N) is 3. The Morgan fingerprint density at radius 3 is 2.68 bits per heavy atom. The van der Waals surface area contributed by atoms with Crippen LogP contribution in [0.4, 0.5) is 5.69 Å². The van der Waals surface area contributed by atoms with Gasteiger partial charge in [-0.15, -0.1) is 12.4 Å². The number of aryl methyl sites for hydroxylation is 1. The first kappa shape index (κ1) is 22.1. The van der Waals surface area contributed by atoms with Gasteiger partial charge in [-0.2, -0.15) is 5.10 Å². The number of para-hydroxylation sites is 1. The number of aromatic nitrogens is 2. The normalized spacial score (nSPS) is 25.0. The lowest BCUT2D eigenvalue weighted by Crippen LogP contribution is -2.39. The molecule has 1 aromatic carbocycles. The van der Waals surface area contributed by atoms with Crippen LogP contribution in [0.15, 0.2) is 18.2 Å². The number of fused-ring (bicyclic) bond motifs is 1. The van der Waals surface area contributed by atoms with E-state index in [1.54, 1.807) is 0 Å². The van der Waals surface area contributed by atoms with Crippen LogP contribution in [0.2, 0.25) is 0 Å². The summed E-state index contributed by atoms with van der Waals surface area (Å²) in [5.74, 6) is 0.857. The molecular weight excluding hydrogens is 414 g/mol. The summed E-state index contributed by atoms with van der Waals surface area (Å²) >= 11 is 0. The molecular formula is C23H32ClN5O2. The number of rotatable bonds is 4. The van der Waals surface area contributed by atoms with Gasteiger partial charge in [-0.3, -0.25) is 19.6 Å². The van der Waals surface area contributed by atoms with Crippen LogP contribution in [-0.4, -0.2) is 47.8 Å². The molecule has 3 aliphatic rings. The molecule has 31 heavy (non-hydrogen) atoms. The third-order valence-electron chi connectivity index (χ3n) is 7.19. The average molecular weight is 446 g/mol. The molecule has 0 spiro atoms. The Labute approximate surface area is 189 Å². The van der Waals surface area contributed by atoms with Crippen LogP contribution in [-0.2, 0) is 16.6 Å². The van der Waals surface area contributed by atoms with E-state index in [-0.39, 0.29) is 30.1 Å². The molecule has 3 aliphatic heterocycles. The Morgan fingerprint density at radius 1 is 1.10 bits per heavy atom. The zero-order valence-corrected chi connectivity index (χ0v) is 18.9. The van der Waals surface area contributed by atoms with Crippen molar-refractivity contribution in [2.45, 2.75) is 44.4 Å². The van der Waals surface area contributed by atoms with E-state index in [2.05, 4.69) is 33.7 Å². The highest BCUT2D eigenvalue weighted by Gasteiger charge is 2.33. The van der Waals surface area contributed by atoms with Crippen LogP contribution in [0.5, 0.6) is 0 Å². The molecule has 2 N–H and O–H groups in total. The van der Waals surface area contributed by atoms with E-state index in [1.807, 2.05) is 11.7 Å². The first-order valence-electron chi connectivity index (χ1n) is 11.3. The maximum absolute atomic E-state index is 12.4. The van der Waals surface area contributed by atoms with Crippen LogP contribution in [0.1, 0.15) is 50.1 Å². The van der Waals surface area contributed by atoms with Gasteiger partial charge in [-0.1, -0.05) is 12.1 Å². The molecule has 0 radical (unpaired) electrons. The monoisotopic (exact) mass is 445 g/mol. The molecule has 3 saturated heterocycles. The van der Waals surface area contributed by atoms with Gasteiger partial charge < -0.3 is 10.2 Å². The number of hydrogen-bond donors (Lipinski definition) is 2. The van der Waals surface area contributed by atoms with Crippen LogP contribution in [0, 0.1) is 11.8 Å². The number of imide groups is 1. The van der Waals surface area contributed by atoms with Crippen molar-refractivity contribution in [3.63, 3.8) is 0 Å². The summed E-state index contributed by atoms with van der Waals surface area (Å²) in [7, 11) is 1.96. The summed E-state index contributed by atoms with van der Waals surface area (Å²) in [6.07, 6.45) is 6.10. The minimum atomic E-state index is -0.354. The van der Waals surface area contributed by atoms with Crippen LogP contribution in [0.3, 0.4) is 0 Å². The average Bonchev–Trinajstić information content (AvgIpc) is 3.34. The second kappa shape index (κ2) is 9.17. The van der Waals surface area contributed by atoms with Crippen LogP contribution >= 0.6 is 12.4 Å². The molecule has 2 atom stereocenters. The number of halogens is 1. The van der Waals surface area contributed by atoms with Gasteiger partial charge in [0.2, 0.25) is 11.8 Å². The maximum atomic E-state index is 12.4. The maximum Gasteiger partial charge on any atom is 0.235 e. The van der Waals surface area contributed by atoms with E-state index in [1.165, 1.54) is 44.5 Å². The first-order chi connectivity index (χ1) is 14.6. The number of benzene rings is 1. The smallest absolute Gasteiger partial charge is 0.235 e. The third kappa shape index (κ3) is 4.30. The van der Waals surface area contributed by atoms with Gasteiger partial charge in [-0.05, 0) is 63.1 Å². The minimum absolute atomic E-state index is 0. The molecule has 1 aromatic heterocycles. The summed E-state index contributed by atoms with van der Waals surface area (Å²) in [5, 5.41) is 11.7. The molecule has 4 heterocycles. The topological polar surface area (TPSA) is 79.3 Å². The van der Waals surface area contributed by atoms with E-state index < -0.39 is 0 Å². The van der Waals surface area contributed by atoms with Crippen LogP contribution in [0.25, 0.3) is 10.9 Å². The van der Waals surface area contributed by atoms with Crippen LogP contribution < -0.4 is 15.5 Å². The molecule has 0 bridgehead atoms. The third-order valence-corrected chi connectivity index (χ3v) is 7.19. The molecule has 168 valence electrons. The fourth-order valence-electron chi connectivity index (χ4n) is 5.64. The molecule has 3 fully saturated rings. The van der Waals surface area contributed by atoms with E-state index in [0.717, 1.165) is 41.5 Å².